The van der Waals surface area contributed by atoms with Crippen LogP contribution in [0.15, 0.2) is 18.5 Å². The van der Waals surface area contributed by atoms with Crippen molar-refractivity contribution in [3.63, 3.8) is 0 Å². The number of aliphatic carboxylic acids is 1. The van der Waals surface area contributed by atoms with Crippen LogP contribution in [0.2, 0.25) is 0 Å². The van der Waals surface area contributed by atoms with Gasteiger partial charge < -0.3 is 10.4 Å². The number of carbonyl (C=O) groups is 1. The van der Waals surface area contributed by atoms with Crippen molar-refractivity contribution < 1.29 is 9.90 Å². The molecule has 2 atom stereocenters. The summed E-state index contributed by atoms with van der Waals surface area (Å²) in [6.07, 6.45) is 8.08. The highest BCUT2D eigenvalue weighted by Gasteiger charge is 2.29. The number of aromatic nitrogens is 2. The number of anilines is 1. The van der Waals surface area contributed by atoms with Gasteiger partial charge >= 0.3 is 5.97 Å². The van der Waals surface area contributed by atoms with Gasteiger partial charge in [-0.15, -0.1) is 0 Å². The summed E-state index contributed by atoms with van der Waals surface area (Å²) in [7, 11) is 0. The monoisotopic (exact) mass is 235 g/mol. The summed E-state index contributed by atoms with van der Waals surface area (Å²) < 4.78 is 0. The van der Waals surface area contributed by atoms with Gasteiger partial charge in [-0.05, 0) is 18.9 Å². The predicted octanol–water partition coefficient (Wildman–Crippen LogP) is 1.92. The molecule has 0 spiro atoms. The van der Waals surface area contributed by atoms with Crippen LogP contribution in [0.1, 0.15) is 32.1 Å². The maximum absolute atomic E-state index is 11.2. The highest BCUT2D eigenvalue weighted by molar-refractivity contribution is 5.71. The van der Waals surface area contributed by atoms with Crippen LogP contribution in [0.3, 0.4) is 0 Å². The van der Waals surface area contributed by atoms with Crippen molar-refractivity contribution in [2.75, 3.05) is 5.32 Å². The summed E-state index contributed by atoms with van der Waals surface area (Å²) in [5.41, 5.74) is 0. The Morgan fingerprint density at radius 2 is 1.94 bits per heavy atom. The molecule has 0 radical (unpaired) electrons. The lowest BCUT2D eigenvalue weighted by atomic mass is 9.95. The minimum atomic E-state index is -0.722. The minimum absolute atomic E-state index is 0.0580. The lowest BCUT2D eigenvalue weighted by molar-refractivity contribution is -0.142. The highest BCUT2D eigenvalue weighted by atomic mass is 16.4. The molecule has 5 nitrogen and oxygen atoms in total. The van der Waals surface area contributed by atoms with Crippen LogP contribution in [0.5, 0.6) is 0 Å². The van der Waals surface area contributed by atoms with Crippen LogP contribution in [0, 0.1) is 5.92 Å². The summed E-state index contributed by atoms with van der Waals surface area (Å²) in [5.74, 6) is -0.535. The molecule has 1 aliphatic rings. The Labute approximate surface area is 100 Å². The fourth-order valence-electron chi connectivity index (χ4n) is 2.32. The number of carboxylic acid groups (broad SMARTS) is 1. The zero-order valence-electron chi connectivity index (χ0n) is 9.67. The third kappa shape index (κ3) is 3.15. The largest absolute Gasteiger partial charge is 0.481 e. The summed E-state index contributed by atoms with van der Waals surface area (Å²) >= 11 is 0. The highest BCUT2D eigenvalue weighted by Crippen LogP contribution is 2.25. The van der Waals surface area contributed by atoms with Gasteiger partial charge in [-0.3, -0.25) is 4.79 Å². The van der Waals surface area contributed by atoms with E-state index >= 15 is 0 Å². The third-order valence-electron chi connectivity index (χ3n) is 3.21. The Morgan fingerprint density at radius 1 is 1.24 bits per heavy atom. The maximum atomic E-state index is 11.2. The SMILES string of the molecule is O=C(O)C1CCCCCC1Nc1ncccn1. The average Bonchev–Trinajstić information content (AvgIpc) is 2.56. The molecular weight excluding hydrogens is 218 g/mol. The molecule has 2 unspecified atom stereocenters. The molecule has 1 aliphatic carbocycles. The van der Waals surface area contributed by atoms with Crippen LogP contribution < -0.4 is 5.32 Å². The molecule has 1 aromatic heterocycles. The van der Waals surface area contributed by atoms with E-state index in [1.165, 1.54) is 0 Å². The number of nitrogens with one attached hydrogen (secondary N) is 1. The number of hydrogen-bond donors (Lipinski definition) is 2. The Morgan fingerprint density at radius 3 is 2.65 bits per heavy atom. The van der Waals surface area contributed by atoms with Gasteiger partial charge in [0, 0.05) is 18.4 Å². The first kappa shape index (κ1) is 11.8. The normalized spacial score (nSPS) is 24.9. The average molecular weight is 235 g/mol. The summed E-state index contributed by atoms with van der Waals surface area (Å²) in [4.78, 5) is 19.4. The van der Waals surface area contributed by atoms with Crippen LogP contribution in [-0.4, -0.2) is 27.1 Å². The molecule has 0 saturated heterocycles. The van der Waals surface area contributed by atoms with Crippen LogP contribution in [0.25, 0.3) is 0 Å². The van der Waals surface area contributed by atoms with Crippen molar-refractivity contribution in [3.05, 3.63) is 18.5 Å². The van der Waals surface area contributed by atoms with E-state index in [1.807, 2.05) is 0 Å². The molecule has 1 aromatic rings. The van der Waals surface area contributed by atoms with E-state index in [1.54, 1.807) is 18.5 Å². The third-order valence-corrected chi connectivity index (χ3v) is 3.21. The standard InChI is InChI=1S/C12H17N3O2/c16-11(17)9-5-2-1-3-6-10(9)15-12-13-7-4-8-14-12/h4,7-10H,1-3,5-6H2,(H,16,17)(H,13,14,15). The molecule has 1 saturated carbocycles. The summed E-state index contributed by atoms with van der Waals surface area (Å²) in [5, 5.41) is 12.4. The van der Waals surface area contributed by atoms with Crippen molar-refractivity contribution >= 4 is 11.9 Å². The maximum Gasteiger partial charge on any atom is 0.308 e. The van der Waals surface area contributed by atoms with E-state index in [0.29, 0.717) is 5.95 Å². The first-order valence-electron chi connectivity index (χ1n) is 6.04. The number of nitrogens with zero attached hydrogens (tertiary/aromatic N) is 2. The summed E-state index contributed by atoms with van der Waals surface area (Å²) in [6.45, 7) is 0. The molecule has 1 fully saturated rings. The fourth-order valence-corrected chi connectivity index (χ4v) is 2.32. The zero-order valence-corrected chi connectivity index (χ0v) is 9.67. The molecule has 0 aliphatic heterocycles. The van der Waals surface area contributed by atoms with E-state index in [0.717, 1.165) is 32.1 Å². The van der Waals surface area contributed by atoms with Crippen LogP contribution >= 0.6 is 0 Å². The van der Waals surface area contributed by atoms with Crippen molar-refractivity contribution in [2.24, 2.45) is 5.92 Å². The van der Waals surface area contributed by atoms with Gasteiger partial charge in [-0.2, -0.15) is 0 Å². The van der Waals surface area contributed by atoms with Gasteiger partial charge in [0.1, 0.15) is 0 Å². The Hall–Kier alpha value is -1.65. The molecular formula is C12H17N3O2. The quantitative estimate of drug-likeness (QED) is 0.783. The Balaban J connectivity index is 2.07. The lowest BCUT2D eigenvalue weighted by Crippen LogP contribution is -2.34. The second kappa shape index (κ2) is 5.61. The number of hydrogen-bond acceptors (Lipinski definition) is 4. The molecule has 2 N–H and O–H groups in total. The van der Waals surface area contributed by atoms with E-state index in [4.69, 9.17) is 0 Å². The first-order chi connectivity index (χ1) is 8.27. The van der Waals surface area contributed by atoms with Crippen molar-refractivity contribution in [2.45, 2.75) is 38.1 Å². The van der Waals surface area contributed by atoms with E-state index < -0.39 is 5.97 Å². The van der Waals surface area contributed by atoms with E-state index in [9.17, 15) is 9.90 Å². The lowest BCUT2D eigenvalue weighted by Gasteiger charge is -2.22. The topological polar surface area (TPSA) is 75.1 Å². The molecule has 0 bridgehead atoms. The van der Waals surface area contributed by atoms with E-state index in [-0.39, 0.29) is 12.0 Å². The molecule has 1 heterocycles. The van der Waals surface area contributed by atoms with Gasteiger partial charge in [-0.25, -0.2) is 9.97 Å². The van der Waals surface area contributed by atoms with E-state index in [2.05, 4.69) is 15.3 Å². The van der Waals surface area contributed by atoms with Gasteiger partial charge in [0.25, 0.3) is 0 Å². The predicted molar refractivity (Wildman–Crippen MR) is 63.7 cm³/mol. The number of carboxylic acids is 1. The van der Waals surface area contributed by atoms with Gasteiger partial charge in [-0.1, -0.05) is 19.3 Å². The number of rotatable bonds is 3. The smallest absolute Gasteiger partial charge is 0.308 e. The molecule has 92 valence electrons. The minimum Gasteiger partial charge on any atom is -0.481 e. The summed E-state index contributed by atoms with van der Waals surface area (Å²) in [6, 6.07) is 1.69. The second-order valence-electron chi connectivity index (χ2n) is 4.41. The first-order valence-corrected chi connectivity index (χ1v) is 6.04. The molecule has 5 heteroatoms. The van der Waals surface area contributed by atoms with Crippen molar-refractivity contribution in [1.29, 1.82) is 0 Å². The zero-order chi connectivity index (χ0) is 12.1. The second-order valence-corrected chi connectivity index (χ2v) is 4.41. The molecule has 17 heavy (non-hydrogen) atoms. The van der Waals surface area contributed by atoms with Gasteiger partial charge in [0.15, 0.2) is 0 Å². The Bertz CT molecular complexity index is 369. The van der Waals surface area contributed by atoms with Crippen LogP contribution in [-0.2, 0) is 4.79 Å². The molecule has 0 aromatic carbocycles. The fraction of sp³-hybridized carbons (Fsp3) is 0.583. The van der Waals surface area contributed by atoms with Crippen molar-refractivity contribution in [3.8, 4) is 0 Å². The molecule has 0 amide bonds. The van der Waals surface area contributed by atoms with Gasteiger partial charge in [0.05, 0.1) is 5.92 Å². The molecule has 2 rings (SSSR count). The van der Waals surface area contributed by atoms with Crippen LogP contribution in [0.4, 0.5) is 5.95 Å². The van der Waals surface area contributed by atoms with Gasteiger partial charge in [0.2, 0.25) is 5.95 Å². The Kier molecular flexibility index (Phi) is 3.90. The van der Waals surface area contributed by atoms with Crippen molar-refractivity contribution in [1.82, 2.24) is 9.97 Å².